The van der Waals surface area contributed by atoms with E-state index in [1.54, 1.807) is 18.0 Å². The van der Waals surface area contributed by atoms with Crippen molar-refractivity contribution in [3.8, 4) is 0 Å². The van der Waals surface area contributed by atoms with Crippen molar-refractivity contribution in [2.75, 3.05) is 26.0 Å². The van der Waals surface area contributed by atoms with Gasteiger partial charge in [-0.25, -0.2) is 0 Å². The number of furan rings is 1. The highest BCUT2D eigenvalue weighted by Gasteiger charge is 1.99. The van der Waals surface area contributed by atoms with Crippen LogP contribution in [0.25, 0.3) is 0 Å². The Morgan fingerprint density at radius 1 is 1.67 bits per heavy atom. The lowest BCUT2D eigenvalue weighted by Crippen LogP contribution is -2.29. The van der Waals surface area contributed by atoms with Crippen LogP contribution < -0.4 is 5.32 Å². The summed E-state index contributed by atoms with van der Waals surface area (Å²) in [7, 11) is 1.51. The van der Waals surface area contributed by atoms with Crippen LogP contribution in [0.1, 0.15) is 5.76 Å². The van der Waals surface area contributed by atoms with Crippen molar-refractivity contribution in [1.29, 1.82) is 0 Å². The number of thioether (sulfide) groups is 1. The van der Waals surface area contributed by atoms with Crippen LogP contribution in [-0.2, 0) is 15.3 Å². The second kappa shape index (κ2) is 7.36. The number of ether oxygens (including phenoxy) is 1. The van der Waals surface area contributed by atoms with E-state index in [1.165, 1.54) is 7.11 Å². The number of methoxy groups -OCH3 is 1. The van der Waals surface area contributed by atoms with E-state index in [2.05, 4.69) is 10.1 Å². The van der Waals surface area contributed by atoms with Crippen LogP contribution in [0.5, 0.6) is 0 Å². The third-order valence-corrected chi connectivity index (χ3v) is 2.65. The first-order valence-electron chi connectivity index (χ1n) is 4.68. The molecule has 1 N–H and O–H groups in total. The molecule has 0 aromatic carbocycles. The van der Waals surface area contributed by atoms with Crippen molar-refractivity contribution in [3.05, 3.63) is 24.2 Å². The topological polar surface area (TPSA) is 51.5 Å². The summed E-state index contributed by atoms with van der Waals surface area (Å²) in [6.45, 7) is 0.788. The molecule has 0 aliphatic carbocycles. The first-order valence-corrected chi connectivity index (χ1v) is 5.84. The second-order valence-corrected chi connectivity index (χ2v) is 4.02. The fraction of sp³-hybridized carbons (Fsp3) is 0.500. The lowest BCUT2D eigenvalue weighted by Gasteiger charge is -2.03. The molecule has 0 unspecified atom stereocenters. The molecular weight excluding hydrogens is 214 g/mol. The van der Waals surface area contributed by atoms with Crippen LogP contribution in [-0.4, -0.2) is 31.9 Å². The highest BCUT2D eigenvalue weighted by molar-refractivity contribution is 7.98. The van der Waals surface area contributed by atoms with Gasteiger partial charge in [-0.15, -0.1) is 0 Å². The summed E-state index contributed by atoms with van der Waals surface area (Å²) < 4.78 is 9.86. The Bertz CT molecular complexity index is 274. The quantitative estimate of drug-likeness (QED) is 0.715. The van der Waals surface area contributed by atoms with E-state index >= 15 is 0 Å². The SMILES string of the molecule is COCC(=O)NCCSCc1ccco1. The minimum atomic E-state index is -0.0731. The lowest BCUT2D eigenvalue weighted by molar-refractivity contribution is -0.124. The smallest absolute Gasteiger partial charge is 0.246 e. The van der Waals surface area contributed by atoms with E-state index in [0.29, 0.717) is 6.54 Å². The number of nitrogens with one attached hydrogen (secondary N) is 1. The molecule has 0 bridgehead atoms. The molecule has 0 atom stereocenters. The third kappa shape index (κ3) is 5.49. The molecular formula is C10H15NO3S. The summed E-state index contributed by atoms with van der Waals surface area (Å²) >= 11 is 1.72. The van der Waals surface area contributed by atoms with E-state index < -0.39 is 0 Å². The number of carbonyl (C=O) groups excluding carboxylic acids is 1. The number of hydrogen-bond donors (Lipinski definition) is 1. The lowest BCUT2D eigenvalue weighted by atomic mass is 10.5. The molecule has 0 saturated carbocycles. The molecule has 0 aliphatic heterocycles. The molecule has 0 saturated heterocycles. The van der Waals surface area contributed by atoms with Gasteiger partial charge in [-0.05, 0) is 12.1 Å². The zero-order chi connectivity index (χ0) is 10.9. The van der Waals surface area contributed by atoms with Gasteiger partial charge in [-0.2, -0.15) is 11.8 Å². The average Bonchev–Trinajstić information content (AvgIpc) is 2.70. The van der Waals surface area contributed by atoms with Gasteiger partial charge >= 0.3 is 0 Å². The van der Waals surface area contributed by atoms with Crippen LogP contribution in [0.15, 0.2) is 22.8 Å². The Hall–Kier alpha value is -0.940. The van der Waals surface area contributed by atoms with E-state index in [0.717, 1.165) is 17.3 Å². The molecule has 0 spiro atoms. The first-order chi connectivity index (χ1) is 7.33. The van der Waals surface area contributed by atoms with E-state index in [4.69, 9.17) is 4.42 Å². The van der Waals surface area contributed by atoms with Gasteiger partial charge in [0.05, 0.1) is 12.0 Å². The summed E-state index contributed by atoms with van der Waals surface area (Å²) in [6, 6.07) is 3.81. The molecule has 0 aliphatic rings. The van der Waals surface area contributed by atoms with E-state index in [9.17, 15) is 4.79 Å². The molecule has 15 heavy (non-hydrogen) atoms. The summed E-state index contributed by atoms with van der Waals surface area (Å²) in [5.74, 6) is 2.60. The van der Waals surface area contributed by atoms with Crippen LogP contribution in [0.3, 0.4) is 0 Å². The molecule has 1 rings (SSSR count). The molecule has 1 heterocycles. The van der Waals surface area contributed by atoms with Gasteiger partial charge in [0.25, 0.3) is 0 Å². The van der Waals surface area contributed by atoms with Crippen molar-refractivity contribution < 1.29 is 13.9 Å². The molecule has 5 heteroatoms. The second-order valence-electron chi connectivity index (χ2n) is 2.91. The van der Waals surface area contributed by atoms with Gasteiger partial charge in [0, 0.05) is 19.4 Å². The summed E-state index contributed by atoms with van der Waals surface area (Å²) in [5.41, 5.74) is 0. The zero-order valence-corrected chi connectivity index (χ0v) is 9.51. The minimum Gasteiger partial charge on any atom is -0.468 e. The molecule has 0 fully saturated rings. The molecule has 1 amide bonds. The Morgan fingerprint density at radius 3 is 3.20 bits per heavy atom. The van der Waals surface area contributed by atoms with Crippen LogP contribution >= 0.6 is 11.8 Å². The maximum Gasteiger partial charge on any atom is 0.246 e. The number of carbonyl (C=O) groups is 1. The molecule has 84 valence electrons. The maximum absolute atomic E-state index is 11.0. The Morgan fingerprint density at radius 2 is 2.53 bits per heavy atom. The van der Waals surface area contributed by atoms with Crippen molar-refractivity contribution in [1.82, 2.24) is 5.32 Å². The molecule has 4 nitrogen and oxygen atoms in total. The standard InChI is InChI=1S/C10H15NO3S/c1-13-7-10(12)11-4-6-15-8-9-3-2-5-14-9/h2-3,5H,4,6-8H2,1H3,(H,11,12). The molecule has 1 aromatic rings. The normalized spacial score (nSPS) is 10.2. The maximum atomic E-state index is 11.0. The van der Waals surface area contributed by atoms with Crippen molar-refractivity contribution in [3.63, 3.8) is 0 Å². The van der Waals surface area contributed by atoms with Crippen molar-refractivity contribution in [2.45, 2.75) is 5.75 Å². The first kappa shape index (κ1) is 12.1. The van der Waals surface area contributed by atoms with E-state index in [1.807, 2.05) is 12.1 Å². The van der Waals surface area contributed by atoms with Crippen LogP contribution in [0.2, 0.25) is 0 Å². The van der Waals surface area contributed by atoms with Crippen molar-refractivity contribution >= 4 is 17.7 Å². The monoisotopic (exact) mass is 229 g/mol. The fourth-order valence-corrected chi connectivity index (χ4v) is 1.77. The largest absolute Gasteiger partial charge is 0.468 e. The van der Waals surface area contributed by atoms with Gasteiger partial charge in [0.15, 0.2) is 0 Å². The number of amides is 1. The minimum absolute atomic E-state index is 0.0731. The highest BCUT2D eigenvalue weighted by atomic mass is 32.2. The Kier molecular flexibility index (Phi) is 5.96. The van der Waals surface area contributed by atoms with Gasteiger partial charge < -0.3 is 14.5 Å². The predicted octanol–water partition coefficient (Wildman–Crippen LogP) is 1.28. The summed E-state index contributed by atoms with van der Waals surface area (Å²) in [4.78, 5) is 11.0. The Balaban J connectivity index is 1.95. The van der Waals surface area contributed by atoms with Gasteiger partial charge in [-0.3, -0.25) is 4.79 Å². The predicted molar refractivity (Wildman–Crippen MR) is 59.8 cm³/mol. The highest BCUT2D eigenvalue weighted by Crippen LogP contribution is 2.11. The van der Waals surface area contributed by atoms with Gasteiger partial charge in [-0.1, -0.05) is 0 Å². The van der Waals surface area contributed by atoms with Crippen LogP contribution in [0, 0.1) is 0 Å². The van der Waals surface area contributed by atoms with Gasteiger partial charge in [0.1, 0.15) is 12.4 Å². The molecule has 1 aromatic heterocycles. The summed E-state index contributed by atoms with van der Waals surface area (Å²) in [5, 5.41) is 2.75. The number of hydrogen-bond acceptors (Lipinski definition) is 4. The van der Waals surface area contributed by atoms with Crippen LogP contribution in [0.4, 0.5) is 0 Å². The Labute approximate surface area is 93.4 Å². The fourth-order valence-electron chi connectivity index (χ4n) is 1.01. The van der Waals surface area contributed by atoms with E-state index in [-0.39, 0.29) is 12.5 Å². The number of rotatable bonds is 7. The van der Waals surface area contributed by atoms with Crippen molar-refractivity contribution in [2.24, 2.45) is 0 Å². The average molecular weight is 229 g/mol. The van der Waals surface area contributed by atoms with Gasteiger partial charge in [0.2, 0.25) is 5.91 Å². The summed E-state index contributed by atoms with van der Waals surface area (Å²) in [6.07, 6.45) is 1.66. The zero-order valence-electron chi connectivity index (χ0n) is 8.69. The third-order valence-electron chi connectivity index (χ3n) is 1.67. The molecule has 0 radical (unpaired) electrons.